The molecule has 1 aliphatic rings. The van der Waals surface area contributed by atoms with Gasteiger partial charge in [-0.05, 0) is 69.4 Å². The molecule has 3 heteroatoms. The van der Waals surface area contributed by atoms with Gasteiger partial charge in [-0.1, -0.05) is 42.5 Å². The molecule has 1 aromatic heterocycles. The molecule has 0 radical (unpaired) electrons. The van der Waals surface area contributed by atoms with Crippen molar-refractivity contribution < 1.29 is 0 Å². The Kier molecular flexibility index (Phi) is 5.65. The first kappa shape index (κ1) is 17.3. The molecule has 0 atom stereocenters. The molecule has 0 saturated carbocycles. The van der Waals surface area contributed by atoms with Crippen LogP contribution in [0.2, 0.25) is 0 Å². The molecule has 3 nitrogen and oxygen atoms in total. The molecule has 2 heterocycles. The summed E-state index contributed by atoms with van der Waals surface area (Å²) in [4.78, 5) is 7.55. The van der Waals surface area contributed by atoms with Gasteiger partial charge in [0.1, 0.15) is 5.82 Å². The normalized spacial score (nSPS) is 15.1. The van der Waals surface area contributed by atoms with E-state index in [1.165, 1.54) is 55.8 Å². The van der Waals surface area contributed by atoms with E-state index in [2.05, 4.69) is 64.1 Å². The first-order valence-electron chi connectivity index (χ1n) is 10.1. The second kappa shape index (κ2) is 8.50. The van der Waals surface area contributed by atoms with Crippen molar-refractivity contribution in [3.63, 3.8) is 0 Å². The van der Waals surface area contributed by atoms with Crippen molar-refractivity contribution in [1.29, 1.82) is 0 Å². The fraction of sp³-hybridized carbons (Fsp3) is 0.435. The Morgan fingerprint density at radius 1 is 0.769 bits per heavy atom. The molecule has 0 unspecified atom stereocenters. The zero-order valence-electron chi connectivity index (χ0n) is 15.6. The first-order chi connectivity index (χ1) is 12.9. The van der Waals surface area contributed by atoms with E-state index >= 15 is 0 Å². The van der Waals surface area contributed by atoms with Crippen LogP contribution < -0.4 is 0 Å². The van der Waals surface area contributed by atoms with Gasteiger partial charge < -0.3 is 9.47 Å². The van der Waals surface area contributed by atoms with E-state index in [4.69, 9.17) is 4.98 Å². The van der Waals surface area contributed by atoms with Crippen LogP contribution >= 0.6 is 0 Å². The van der Waals surface area contributed by atoms with Gasteiger partial charge in [0.2, 0.25) is 0 Å². The molecular formula is C23H29N3. The van der Waals surface area contributed by atoms with Crippen molar-refractivity contribution >= 4 is 11.0 Å². The molecule has 26 heavy (non-hydrogen) atoms. The molecule has 0 bridgehead atoms. The zero-order chi connectivity index (χ0) is 17.6. The third kappa shape index (κ3) is 4.16. The SMILES string of the molecule is c1ccc(CCCn2c(CCCN3CCCC3)nc3ccccc32)cc1. The van der Waals surface area contributed by atoms with Gasteiger partial charge in [0.05, 0.1) is 11.0 Å². The highest BCUT2D eigenvalue weighted by atomic mass is 15.1. The first-order valence-corrected chi connectivity index (χ1v) is 10.1. The van der Waals surface area contributed by atoms with E-state index in [1.54, 1.807) is 0 Å². The van der Waals surface area contributed by atoms with Crippen LogP contribution in [-0.4, -0.2) is 34.1 Å². The molecule has 0 spiro atoms. The van der Waals surface area contributed by atoms with Crippen LogP contribution in [0.4, 0.5) is 0 Å². The van der Waals surface area contributed by atoms with E-state index in [9.17, 15) is 0 Å². The standard InChI is InChI=1S/C23H29N3/c1-2-10-20(11-3-1)12-8-19-26-22-14-5-4-13-21(22)24-23(26)15-9-18-25-16-6-7-17-25/h1-5,10-11,13-14H,6-9,12,15-19H2. The number of aromatic nitrogens is 2. The number of para-hydroxylation sites is 2. The van der Waals surface area contributed by atoms with Gasteiger partial charge in [0, 0.05) is 13.0 Å². The lowest BCUT2D eigenvalue weighted by Gasteiger charge is -2.14. The van der Waals surface area contributed by atoms with Crippen LogP contribution in [0.25, 0.3) is 11.0 Å². The lowest BCUT2D eigenvalue weighted by Crippen LogP contribution is -2.21. The fourth-order valence-corrected chi connectivity index (χ4v) is 4.12. The van der Waals surface area contributed by atoms with E-state index in [1.807, 2.05) is 0 Å². The number of hydrogen-bond donors (Lipinski definition) is 0. The molecule has 4 rings (SSSR count). The maximum absolute atomic E-state index is 4.95. The number of benzene rings is 2. The number of hydrogen-bond acceptors (Lipinski definition) is 2. The molecule has 0 N–H and O–H groups in total. The molecular weight excluding hydrogens is 318 g/mol. The van der Waals surface area contributed by atoms with E-state index in [-0.39, 0.29) is 0 Å². The summed E-state index contributed by atoms with van der Waals surface area (Å²) in [5, 5.41) is 0. The van der Waals surface area contributed by atoms with Crippen LogP contribution in [-0.2, 0) is 19.4 Å². The van der Waals surface area contributed by atoms with Gasteiger partial charge in [-0.25, -0.2) is 4.98 Å². The van der Waals surface area contributed by atoms with Gasteiger partial charge in [-0.15, -0.1) is 0 Å². The second-order valence-corrected chi connectivity index (χ2v) is 7.41. The molecule has 1 saturated heterocycles. The summed E-state index contributed by atoms with van der Waals surface area (Å²) in [6.45, 7) is 4.84. The summed E-state index contributed by atoms with van der Waals surface area (Å²) in [5.41, 5.74) is 3.85. The average molecular weight is 348 g/mol. The number of aryl methyl sites for hydroxylation is 3. The van der Waals surface area contributed by atoms with Crippen LogP contribution in [0.15, 0.2) is 54.6 Å². The highest BCUT2D eigenvalue weighted by molar-refractivity contribution is 5.75. The smallest absolute Gasteiger partial charge is 0.109 e. The predicted octanol–water partition coefficient (Wildman–Crippen LogP) is 4.70. The van der Waals surface area contributed by atoms with Crippen molar-refractivity contribution in [3.05, 3.63) is 66.0 Å². The van der Waals surface area contributed by atoms with Crippen LogP contribution in [0.5, 0.6) is 0 Å². The summed E-state index contributed by atoms with van der Waals surface area (Å²) in [6.07, 6.45) is 7.32. The summed E-state index contributed by atoms with van der Waals surface area (Å²) in [7, 11) is 0. The lowest BCUT2D eigenvalue weighted by atomic mass is 10.1. The Morgan fingerprint density at radius 3 is 2.35 bits per heavy atom. The average Bonchev–Trinajstić information content (AvgIpc) is 3.31. The van der Waals surface area contributed by atoms with Gasteiger partial charge >= 0.3 is 0 Å². The van der Waals surface area contributed by atoms with Gasteiger partial charge in [0.25, 0.3) is 0 Å². The Labute approximate surface area is 156 Å². The molecule has 1 fully saturated rings. The number of nitrogens with zero attached hydrogens (tertiary/aromatic N) is 3. The second-order valence-electron chi connectivity index (χ2n) is 7.41. The monoisotopic (exact) mass is 347 g/mol. The topological polar surface area (TPSA) is 21.1 Å². The van der Waals surface area contributed by atoms with Gasteiger partial charge in [-0.2, -0.15) is 0 Å². The summed E-state index contributed by atoms with van der Waals surface area (Å²) in [5.74, 6) is 1.26. The quantitative estimate of drug-likeness (QED) is 0.589. The number of rotatable bonds is 8. The Morgan fingerprint density at radius 2 is 1.50 bits per heavy atom. The minimum absolute atomic E-state index is 1.05. The third-order valence-electron chi connectivity index (χ3n) is 5.50. The summed E-state index contributed by atoms with van der Waals surface area (Å²) in [6, 6.07) is 19.4. The highest BCUT2D eigenvalue weighted by Crippen LogP contribution is 2.19. The Balaban J connectivity index is 1.42. The maximum Gasteiger partial charge on any atom is 0.109 e. The Bertz CT molecular complexity index is 816. The van der Waals surface area contributed by atoms with E-state index < -0.39 is 0 Å². The third-order valence-corrected chi connectivity index (χ3v) is 5.50. The molecule has 3 aromatic rings. The van der Waals surface area contributed by atoms with E-state index in [0.717, 1.165) is 31.3 Å². The van der Waals surface area contributed by atoms with Crippen molar-refractivity contribution in [1.82, 2.24) is 14.5 Å². The Hall–Kier alpha value is -2.13. The van der Waals surface area contributed by atoms with Gasteiger partial charge in [-0.3, -0.25) is 0 Å². The van der Waals surface area contributed by atoms with Crippen molar-refractivity contribution in [2.24, 2.45) is 0 Å². The molecule has 0 amide bonds. The van der Waals surface area contributed by atoms with Crippen molar-refractivity contribution in [2.75, 3.05) is 19.6 Å². The summed E-state index contributed by atoms with van der Waals surface area (Å²) < 4.78 is 2.46. The fourth-order valence-electron chi connectivity index (χ4n) is 4.12. The number of likely N-dealkylation sites (tertiary alicyclic amines) is 1. The minimum atomic E-state index is 1.05. The van der Waals surface area contributed by atoms with Gasteiger partial charge in [0.15, 0.2) is 0 Å². The zero-order valence-corrected chi connectivity index (χ0v) is 15.6. The predicted molar refractivity (Wildman–Crippen MR) is 108 cm³/mol. The molecule has 136 valence electrons. The van der Waals surface area contributed by atoms with Crippen LogP contribution in [0.1, 0.15) is 37.1 Å². The number of fused-ring (bicyclic) bond motifs is 1. The summed E-state index contributed by atoms with van der Waals surface area (Å²) >= 11 is 0. The van der Waals surface area contributed by atoms with Crippen molar-refractivity contribution in [3.8, 4) is 0 Å². The maximum atomic E-state index is 4.95. The largest absolute Gasteiger partial charge is 0.328 e. The molecule has 1 aliphatic heterocycles. The van der Waals surface area contributed by atoms with Crippen LogP contribution in [0, 0.1) is 0 Å². The highest BCUT2D eigenvalue weighted by Gasteiger charge is 2.13. The number of imidazole rings is 1. The molecule has 0 aliphatic carbocycles. The lowest BCUT2D eigenvalue weighted by molar-refractivity contribution is 0.332. The minimum Gasteiger partial charge on any atom is -0.328 e. The van der Waals surface area contributed by atoms with Crippen molar-refractivity contribution in [2.45, 2.75) is 45.1 Å². The van der Waals surface area contributed by atoms with Crippen LogP contribution in [0.3, 0.4) is 0 Å². The van der Waals surface area contributed by atoms with E-state index in [0.29, 0.717) is 0 Å². The molecule has 2 aromatic carbocycles.